The molecule has 1 N–H and O–H groups in total. The van der Waals surface area contributed by atoms with Crippen molar-refractivity contribution in [1.82, 2.24) is 0 Å². The average molecular weight is 1980 g/mol. The molecule has 4 unspecified atom stereocenters. The fourth-order valence-corrected chi connectivity index (χ4v) is 27.9. The summed E-state index contributed by atoms with van der Waals surface area (Å²) in [5.41, 5.74) is 4.00. The second-order valence-corrected chi connectivity index (χ2v) is 59.1. The summed E-state index contributed by atoms with van der Waals surface area (Å²) in [4.78, 5) is 56.3. The molecule has 29 heteroatoms. The zero-order valence-electron chi connectivity index (χ0n) is 85.2. The molecule has 18 heterocycles. The first kappa shape index (κ1) is 105. The number of rotatable bonds is 16. The standard InChI is InChI=1S/C55H82O14SSi.C54H80O12Si/c1-31(30-60-71(10,11)54(6,7)8)23-44-35(5)41-27-37(56)26-39-18-20-43-48(62-39)52-51-50(65-43)49-47(66-51)29-55(67-49,68-52)22-21-40(63-53(57)36-15-13-12-14-16-36)25-33(3)42(69-70(9,58)59)19-17-38-24-32(2)34(4)45(61-38)28-46(41)64-44;1-30(29-58-67(9,10)53(6,7)8)22-43-34(5)40-26-36(55)25-38-17-19-42-47(60-38)51-50-49(63-42)48-46(64-50)28-54(65-48,66-51)21-20-39(61-52(57)35-14-12-11-13-15-35)24-32(3)41(56)18-16-37-23-31(2)33(4)44(59-37)27-45(40)62-43/h12-16,31-32,35,38-52H,3-4,17-30H2,1-2,5-11H3;11-15,30-31,34,37-51,56H,3-4,16-29H2,1-2,5-10H3/t31-,32+,35+,38-,39+,40-,41?,42+,43-,44+,45?,46-,47+,48-,49-,50-,51+,52-,55-;30-,31+,34+,37-,38+,39-,40?,41+,42-,43+,44?,45-,46+,47-,48-,49-,50+,51-,54-/m00/s1. The Morgan fingerprint density at radius 3 is 1.25 bits per heavy atom. The molecule has 18 aliphatic heterocycles. The topological polar surface area (TPSA) is 298 Å². The lowest BCUT2D eigenvalue weighted by Crippen LogP contribution is -2.61. The summed E-state index contributed by atoms with van der Waals surface area (Å²) in [6, 6.07) is 17.8. The number of Topliss-reactive ketones (excluding diaryl/α,β-unsaturated/α-hetero) is 2. The number of fused-ring (bicyclic) bond motifs is 8. The first-order valence-corrected chi connectivity index (χ1v) is 60.2. The van der Waals surface area contributed by atoms with Crippen molar-refractivity contribution in [3.05, 3.63) is 120 Å². The largest absolute Gasteiger partial charge is 0.458 e. The summed E-state index contributed by atoms with van der Waals surface area (Å²) < 4.78 is 154. The van der Waals surface area contributed by atoms with E-state index in [4.69, 9.17) is 88.8 Å². The second-order valence-electron chi connectivity index (χ2n) is 47.8. The Hall–Kier alpha value is -4.66. The van der Waals surface area contributed by atoms with Gasteiger partial charge in [0.2, 0.25) is 0 Å². The van der Waals surface area contributed by atoms with Crippen LogP contribution in [0.4, 0.5) is 0 Å². The van der Waals surface area contributed by atoms with Crippen LogP contribution in [0.5, 0.6) is 0 Å². The van der Waals surface area contributed by atoms with Crippen LogP contribution in [0, 0.1) is 47.3 Å². The maximum Gasteiger partial charge on any atom is 0.338 e. The fraction of sp³-hybridized carbons (Fsp3) is 0.780. The van der Waals surface area contributed by atoms with E-state index in [9.17, 15) is 32.7 Å². The molecular formula is C109H162O26SSi2. The number of ketones is 2. The summed E-state index contributed by atoms with van der Waals surface area (Å²) >= 11 is 0. The van der Waals surface area contributed by atoms with Crippen LogP contribution in [0.2, 0.25) is 36.3 Å². The minimum Gasteiger partial charge on any atom is -0.458 e. The van der Waals surface area contributed by atoms with Crippen LogP contribution >= 0.6 is 0 Å². The molecule has 0 aromatic heterocycles. The molecule has 2 aromatic rings. The van der Waals surface area contributed by atoms with Crippen molar-refractivity contribution < 1.29 is 122 Å². The molecule has 18 saturated heterocycles. The SMILES string of the molecule is C=C1C2C[C@@H]3O[C@H](C[C@H](C)CO[Si](C)(C)C(C)(C)C)[C@H](C)C3CC(=O)C[C@H]3CC[C@@H]4O[C@@H]5[C@H]6O[C@@H]7C[C@](CC[C@H](OC(=O)c8ccccc8)CC(=C)[C@H](O)CC[C@@H](C[C@H]1C)O2)(O[C@H]6[C@H]4O3)O[C@H]57.C=C1C2C[C@@H]3O[C@H](C[C@H](C)CO[Si](C)(C)C(C)(C)C)[C@H](C)C3CC(=O)C[C@H]3CC[C@@H]4O[C@@H]5[C@H]6O[C@@H]7C[C@](CC[C@H](OC(=O)c8ccccc8)CC(=C)[C@H](OS(C)(=O)=O)CC[C@@H](C[C@H]1C)O2)(O[C@H]6[C@H]4O3)O[C@H]57. The molecule has 2 spiro atoms. The van der Waals surface area contributed by atoms with E-state index in [0.717, 1.165) is 49.5 Å². The fourth-order valence-electron chi connectivity index (χ4n) is 25.0. The number of benzene rings is 2. The van der Waals surface area contributed by atoms with E-state index < -0.39 is 105 Å². The minimum atomic E-state index is -3.93. The Balaban J connectivity index is 0.000000191. The van der Waals surface area contributed by atoms with Gasteiger partial charge in [0.25, 0.3) is 10.1 Å². The summed E-state index contributed by atoms with van der Waals surface area (Å²) in [5.74, 6) is -1.62. The summed E-state index contributed by atoms with van der Waals surface area (Å²) in [5, 5.41) is 11.9. The normalized spacial score (nSPS) is 42.4. The van der Waals surface area contributed by atoms with E-state index in [-0.39, 0.29) is 204 Å². The summed E-state index contributed by atoms with van der Waals surface area (Å²) in [6.45, 7) is 55.3. The van der Waals surface area contributed by atoms with Crippen LogP contribution in [-0.2, 0) is 109 Å². The third-order valence-corrected chi connectivity index (χ3v) is 44.9. The van der Waals surface area contributed by atoms with E-state index in [1.165, 1.54) is 0 Å². The number of ether oxygens (including phenoxy) is 16. The molecule has 2 aromatic carbocycles. The van der Waals surface area contributed by atoms with Gasteiger partial charge < -0.3 is 89.7 Å². The van der Waals surface area contributed by atoms with Crippen molar-refractivity contribution >= 4 is 50.3 Å². The van der Waals surface area contributed by atoms with E-state index >= 15 is 0 Å². The van der Waals surface area contributed by atoms with Crippen molar-refractivity contribution in [1.29, 1.82) is 0 Å². The highest BCUT2D eigenvalue weighted by Gasteiger charge is 2.71. The lowest BCUT2D eigenvalue weighted by Gasteiger charge is -2.47. The van der Waals surface area contributed by atoms with Crippen LogP contribution in [0.25, 0.3) is 0 Å². The van der Waals surface area contributed by atoms with Crippen LogP contribution in [0.1, 0.15) is 271 Å². The van der Waals surface area contributed by atoms with Gasteiger partial charge in [0.1, 0.15) is 84.8 Å². The zero-order chi connectivity index (χ0) is 98.4. The highest BCUT2D eigenvalue weighted by Crippen LogP contribution is 2.58. The maximum absolute atomic E-state index is 14.5. The molecule has 0 radical (unpaired) electrons. The number of aliphatic hydroxyl groups is 1. The Bertz CT molecular complexity index is 4750. The van der Waals surface area contributed by atoms with Crippen molar-refractivity contribution in [2.75, 3.05) is 19.5 Å². The lowest BCUT2D eigenvalue weighted by atomic mass is 9.78. The number of esters is 2. The molecule has 0 amide bonds. The molecule has 768 valence electrons. The summed E-state index contributed by atoms with van der Waals surface area (Å²) in [6.07, 6.45) is 4.51. The van der Waals surface area contributed by atoms with Gasteiger partial charge in [0.15, 0.2) is 28.2 Å². The van der Waals surface area contributed by atoms with Crippen molar-refractivity contribution in [2.45, 2.75) is 469 Å². The van der Waals surface area contributed by atoms with Gasteiger partial charge in [0.05, 0.1) is 115 Å². The lowest BCUT2D eigenvalue weighted by molar-refractivity contribution is -0.292. The van der Waals surface area contributed by atoms with E-state index in [1.54, 1.807) is 36.4 Å². The van der Waals surface area contributed by atoms with Crippen LogP contribution < -0.4 is 0 Å². The molecular weight excluding hydrogens is 1810 g/mol. The zero-order valence-corrected chi connectivity index (χ0v) is 88.1. The Morgan fingerprint density at radius 1 is 0.449 bits per heavy atom. The molecule has 26 nitrogen and oxygen atoms in total. The van der Waals surface area contributed by atoms with Crippen molar-refractivity contribution in [3.63, 3.8) is 0 Å². The van der Waals surface area contributed by atoms with Crippen molar-refractivity contribution in [2.24, 2.45) is 47.3 Å². The van der Waals surface area contributed by atoms with E-state index in [2.05, 4.69) is 136 Å². The molecule has 0 saturated carbocycles. The second kappa shape index (κ2) is 42.3. The van der Waals surface area contributed by atoms with Gasteiger partial charge in [-0.25, -0.2) is 9.59 Å². The van der Waals surface area contributed by atoms with E-state index in [0.29, 0.717) is 151 Å². The Labute approximate surface area is 822 Å². The van der Waals surface area contributed by atoms with Crippen LogP contribution in [-0.4, -0.2) is 256 Å². The van der Waals surface area contributed by atoms with Gasteiger partial charge in [-0.05, 0) is 220 Å². The number of hydrogen-bond donors (Lipinski definition) is 1. The molecule has 18 fully saturated rings. The first-order valence-electron chi connectivity index (χ1n) is 52.6. The highest BCUT2D eigenvalue weighted by molar-refractivity contribution is 7.86. The number of hydrogen-bond acceptors (Lipinski definition) is 26. The minimum absolute atomic E-state index is 0.00159. The number of aliphatic hydroxyl groups excluding tert-OH is 1. The van der Waals surface area contributed by atoms with Crippen LogP contribution in [0.15, 0.2) is 109 Å². The predicted octanol–water partition coefficient (Wildman–Crippen LogP) is 18.4. The van der Waals surface area contributed by atoms with Crippen LogP contribution in [0.3, 0.4) is 0 Å². The Morgan fingerprint density at radius 2 is 0.833 bits per heavy atom. The Kier molecular flexibility index (Phi) is 32.1. The third kappa shape index (κ3) is 23.5. The van der Waals surface area contributed by atoms with Gasteiger partial charge in [-0.15, -0.1) is 0 Å². The predicted molar refractivity (Wildman–Crippen MR) is 523 cm³/mol. The highest BCUT2D eigenvalue weighted by atomic mass is 32.2. The first-order chi connectivity index (χ1) is 65.2. The average Bonchev–Trinajstić information content (AvgIpc) is 1.55. The van der Waals surface area contributed by atoms with Gasteiger partial charge in [0, 0.05) is 90.3 Å². The molecule has 20 bridgehead atoms. The monoisotopic (exact) mass is 1980 g/mol. The molecule has 0 aliphatic carbocycles. The molecule has 138 heavy (non-hydrogen) atoms. The van der Waals surface area contributed by atoms with Crippen molar-refractivity contribution in [3.8, 4) is 0 Å². The van der Waals surface area contributed by atoms with E-state index in [1.807, 2.05) is 24.3 Å². The number of carbonyl (C=O) groups excluding carboxylic acids is 4. The number of carbonyl (C=O) groups is 4. The third-order valence-electron chi connectivity index (χ3n) is 35.3. The van der Waals surface area contributed by atoms with Gasteiger partial charge in [-0.1, -0.05) is 146 Å². The quantitative estimate of drug-likeness (QED) is 0.0706. The molecule has 20 rings (SSSR count). The smallest absolute Gasteiger partial charge is 0.338 e. The maximum atomic E-state index is 14.5. The molecule has 38 atom stereocenters. The summed E-state index contributed by atoms with van der Waals surface area (Å²) in [7, 11) is -7.81. The van der Waals surface area contributed by atoms with Gasteiger partial charge >= 0.3 is 11.9 Å². The van der Waals surface area contributed by atoms with Gasteiger partial charge in [-0.3, -0.25) is 13.8 Å². The molecule has 18 aliphatic rings. The van der Waals surface area contributed by atoms with Gasteiger partial charge in [-0.2, -0.15) is 8.42 Å².